The molecule has 10 heavy (non-hydrogen) atoms. The molecule has 0 aromatic heterocycles. The number of hydrogen-bond acceptors (Lipinski definition) is 2. The summed E-state index contributed by atoms with van der Waals surface area (Å²) >= 11 is 0. The summed E-state index contributed by atoms with van der Waals surface area (Å²) in [5.41, 5.74) is 0. The Morgan fingerprint density at radius 3 is 2.40 bits per heavy atom. The van der Waals surface area contributed by atoms with Crippen molar-refractivity contribution >= 4 is 12.4 Å². The van der Waals surface area contributed by atoms with Crippen LogP contribution in [0.1, 0.15) is 19.3 Å². The van der Waals surface area contributed by atoms with Gasteiger partial charge in [0.15, 0.2) is 0 Å². The second kappa shape index (κ2) is 3.56. The Morgan fingerprint density at radius 2 is 2.00 bits per heavy atom. The first-order valence-electron chi connectivity index (χ1n) is 3.80. The largest absolute Gasteiger partial charge is 0.377 e. The number of halogens is 1. The van der Waals surface area contributed by atoms with Crippen LogP contribution in [0.25, 0.3) is 0 Å². The molecule has 0 bridgehead atoms. The van der Waals surface area contributed by atoms with Crippen molar-refractivity contribution in [3.63, 3.8) is 0 Å². The minimum atomic E-state index is 0. The summed E-state index contributed by atoms with van der Waals surface area (Å²) in [6.07, 6.45) is 4.57. The predicted octanol–water partition coefficient (Wildman–Crippen LogP) is 0.949. The van der Waals surface area contributed by atoms with Gasteiger partial charge >= 0.3 is 0 Å². The maximum atomic E-state index is 5.25. The summed E-state index contributed by atoms with van der Waals surface area (Å²) in [4.78, 5) is 0. The van der Waals surface area contributed by atoms with E-state index in [0.717, 1.165) is 19.2 Å². The van der Waals surface area contributed by atoms with Crippen molar-refractivity contribution in [2.24, 2.45) is 0 Å². The van der Waals surface area contributed by atoms with Gasteiger partial charge in [-0.2, -0.15) is 0 Å². The molecule has 1 aliphatic carbocycles. The summed E-state index contributed by atoms with van der Waals surface area (Å²) in [7, 11) is 0. The molecule has 60 valence electrons. The maximum absolute atomic E-state index is 5.25. The smallest absolute Gasteiger partial charge is 0.0721 e. The van der Waals surface area contributed by atoms with Gasteiger partial charge in [0.1, 0.15) is 0 Å². The number of rotatable bonds is 3. The lowest BCUT2D eigenvalue weighted by atomic mass is 10.2. The van der Waals surface area contributed by atoms with E-state index in [1.54, 1.807) is 0 Å². The fourth-order valence-corrected chi connectivity index (χ4v) is 1.03. The number of hydrogen-bond donors (Lipinski definition) is 1. The van der Waals surface area contributed by atoms with Crippen LogP contribution < -0.4 is 5.32 Å². The van der Waals surface area contributed by atoms with Crippen LogP contribution in [-0.2, 0) is 4.74 Å². The van der Waals surface area contributed by atoms with Gasteiger partial charge in [0.05, 0.1) is 6.10 Å². The second-order valence-electron chi connectivity index (χ2n) is 2.96. The monoisotopic (exact) mass is 163 g/mol. The molecule has 1 heterocycles. The van der Waals surface area contributed by atoms with Crippen LogP contribution in [0, 0.1) is 0 Å². The summed E-state index contributed by atoms with van der Waals surface area (Å²) in [5, 5.41) is 3.43. The van der Waals surface area contributed by atoms with E-state index >= 15 is 0 Å². The highest BCUT2D eigenvalue weighted by molar-refractivity contribution is 5.85. The first-order valence-corrected chi connectivity index (χ1v) is 3.80. The van der Waals surface area contributed by atoms with Gasteiger partial charge in [-0.25, -0.2) is 0 Å². The summed E-state index contributed by atoms with van der Waals surface area (Å²) in [5.74, 6) is 0. The molecule has 0 aromatic carbocycles. The Labute approximate surface area is 67.7 Å². The van der Waals surface area contributed by atoms with Crippen molar-refractivity contribution in [2.45, 2.75) is 31.4 Å². The lowest BCUT2D eigenvalue weighted by Crippen LogP contribution is -2.37. The standard InChI is InChI=1S/C7H13NO.ClH/c1-2-6(1)8-5-7-3-4-9-7;/h6-8H,1-5H2;1H. The molecule has 2 rings (SSSR count). The van der Waals surface area contributed by atoms with Gasteiger partial charge in [0, 0.05) is 19.2 Å². The molecule has 0 amide bonds. The molecule has 1 N–H and O–H groups in total. The lowest BCUT2D eigenvalue weighted by Gasteiger charge is -2.26. The highest BCUT2D eigenvalue weighted by Crippen LogP contribution is 2.19. The lowest BCUT2D eigenvalue weighted by molar-refractivity contribution is -0.0484. The van der Waals surface area contributed by atoms with Gasteiger partial charge in [-0.3, -0.25) is 0 Å². The van der Waals surface area contributed by atoms with Gasteiger partial charge in [-0.15, -0.1) is 12.4 Å². The van der Waals surface area contributed by atoms with E-state index in [9.17, 15) is 0 Å². The highest BCUT2D eigenvalue weighted by Gasteiger charge is 2.24. The van der Waals surface area contributed by atoms with Crippen molar-refractivity contribution in [3.05, 3.63) is 0 Å². The normalized spacial score (nSPS) is 30.6. The molecule has 2 aliphatic rings. The zero-order valence-electron chi connectivity index (χ0n) is 6.01. The number of nitrogens with one attached hydrogen (secondary N) is 1. The van der Waals surface area contributed by atoms with E-state index in [-0.39, 0.29) is 12.4 Å². The van der Waals surface area contributed by atoms with E-state index in [0.29, 0.717) is 6.10 Å². The van der Waals surface area contributed by atoms with Gasteiger partial charge in [0.25, 0.3) is 0 Å². The van der Waals surface area contributed by atoms with E-state index in [1.807, 2.05) is 0 Å². The minimum Gasteiger partial charge on any atom is -0.377 e. The summed E-state index contributed by atoms with van der Waals surface area (Å²) < 4.78 is 5.25. The van der Waals surface area contributed by atoms with E-state index in [2.05, 4.69) is 5.32 Å². The quantitative estimate of drug-likeness (QED) is 0.669. The van der Waals surface area contributed by atoms with Gasteiger partial charge in [0.2, 0.25) is 0 Å². The SMILES string of the molecule is C1CC(CNC2CC2)O1.Cl. The molecular weight excluding hydrogens is 150 g/mol. The highest BCUT2D eigenvalue weighted by atomic mass is 35.5. The third-order valence-corrected chi connectivity index (χ3v) is 2.00. The minimum absolute atomic E-state index is 0. The first-order chi connectivity index (χ1) is 4.45. The number of ether oxygens (including phenoxy) is 1. The third kappa shape index (κ3) is 2.11. The van der Waals surface area contributed by atoms with E-state index in [1.165, 1.54) is 19.3 Å². The van der Waals surface area contributed by atoms with Crippen LogP contribution in [0.4, 0.5) is 0 Å². The Kier molecular flexibility index (Phi) is 2.96. The van der Waals surface area contributed by atoms with Gasteiger partial charge in [-0.05, 0) is 19.3 Å². The van der Waals surface area contributed by atoms with Crippen LogP contribution in [0.3, 0.4) is 0 Å². The Morgan fingerprint density at radius 1 is 1.30 bits per heavy atom. The van der Waals surface area contributed by atoms with E-state index in [4.69, 9.17) is 4.74 Å². The first kappa shape index (κ1) is 8.31. The van der Waals surface area contributed by atoms with Crippen LogP contribution >= 0.6 is 12.4 Å². The molecule has 1 saturated carbocycles. The molecule has 2 nitrogen and oxygen atoms in total. The fourth-order valence-electron chi connectivity index (χ4n) is 1.03. The molecule has 1 saturated heterocycles. The summed E-state index contributed by atoms with van der Waals surface area (Å²) in [6, 6.07) is 0.842. The Balaban J connectivity index is 0.000000500. The average Bonchev–Trinajstić information content (AvgIpc) is 2.44. The molecule has 0 radical (unpaired) electrons. The topological polar surface area (TPSA) is 21.3 Å². The van der Waals surface area contributed by atoms with Gasteiger partial charge < -0.3 is 10.1 Å². The van der Waals surface area contributed by atoms with Crippen LogP contribution in [0.5, 0.6) is 0 Å². The molecule has 0 spiro atoms. The molecule has 1 atom stereocenters. The zero-order chi connectivity index (χ0) is 6.10. The van der Waals surface area contributed by atoms with Crippen molar-refractivity contribution in [1.82, 2.24) is 5.32 Å². The van der Waals surface area contributed by atoms with Crippen molar-refractivity contribution in [1.29, 1.82) is 0 Å². The third-order valence-electron chi connectivity index (χ3n) is 2.00. The second-order valence-corrected chi connectivity index (χ2v) is 2.96. The van der Waals surface area contributed by atoms with Gasteiger partial charge in [-0.1, -0.05) is 0 Å². The molecule has 1 unspecified atom stereocenters. The molecule has 1 aliphatic heterocycles. The van der Waals surface area contributed by atoms with Crippen LogP contribution in [0.2, 0.25) is 0 Å². The molecule has 0 aromatic rings. The Bertz CT molecular complexity index is 102. The maximum Gasteiger partial charge on any atom is 0.0721 e. The van der Waals surface area contributed by atoms with Crippen molar-refractivity contribution < 1.29 is 4.74 Å². The predicted molar refractivity (Wildman–Crippen MR) is 42.6 cm³/mol. The van der Waals surface area contributed by atoms with Crippen molar-refractivity contribution in [3.8, 4) is 0 Å². The molecular formula is C7H14ClNO. The zero-order valence-corrected chi connectivity index (χ0v) is 6.82. The van der Waals surface area contributed by atoms with Crippen LogP contribution in [-0.4, -0.2) is 25.3 Å². The molecule has 3 heteroatoms. The Hall–Kier alpha value is 0.210. The average molecular weight is 164 g/mol. The fraction of sp³-hybridized carbons (Fsp3) is 1.00. The molecule has 2 fully saturated rings. The van der Waals surface area contributed by atoms with Crippen molar-refractivity contribution in [2.75, 3.05) is 13.2 Å². The summed E-state index contributed by atoms with van der Waals surface area (Å²) in [6.45, 7) is 2.07. The van der Waals surface area contributed by atoms with Crippen LogP contribution in [0.15, 0.2) is 0 Å². The van der Waals surface area contributed by atoms with E-state index < -0.39 is 0 Å².